The summed E-state index contributed by atoms with van der Waals surface area (Å²) in [7, 11) is 0. The van der Waals surface area contributed by atoms with Gasteiger partial charge in [-0.1, -0.05) is 17.7 Å². The minimum absolute atomic E-state index is 0.249. The summed E-state index contributed by atoms with van der Waals surface area (Å²) in [5.41, 5.74) is 4.16. The van der Waals surface area contributed by atoms with E-state index in [9.17, 15) is 4.39 Å². The summed E-state index contributed by atoms with van der Waals surface area (Å²) in [5, 5.41) is 0. The topological polar surface area (TPSA) is 38.0 Å². The van der Waals surface area contributed by atoms with Gasteiger partial charge in [0.15, 0.2) is 0 Å². The maximum absolute atomic E-state index is 13.5. The lowest BCUT2D eigenvalue weighted by atomic mass is 10.0. The first-order valence-electron chi connectivity index (χ1n) is 4.80. The van der Waals surface area contributed by atoms with Crippen LogP contribution in [0.1, 0.15) is 30.5 Å². The van der Waals surface area contributed by atoms with Crippen LogP contribution in [0.3, 0.4) is 0 Å². The molecule has 0 saturated heterocycles. The predicted molar refractivity (Wildman–Crippen MR) is 59.3 cm³/mol. The van der Waals surface area contributed by atoms with E-state index in [1.165, 1.54) is 6.07 Å². The Balaban J connectivity index is 2.98. The zero-order chi connectivity index (χ0) is 11.3. The van der Waals surface area contributed by atoms with Crippen molar-refractivity contribution in [2.75, 3.05) is 0 Å². The molecule has 0 saturated carbocycles. The highest BCUT2D eigenvalue weighted by atomic mass is 19.1. The maximum Gasteiger partial charge on any atom is 0.128 e. The molecule has 1 aromatic rings. The summed E-state index contributed by atoms with van der Waals surface area (Å²) in [4.78, 5) is 0. The van der Waals surface area contributed by atoms with Crippen molar-refractivity contribution in [1.82, 2.24) is 5.43 Å². The van der Waals surface area contributed by atoms with Crippen LogP contribution in [0.2, 0.25) is 0 Å². The maximum atomic E-state index is 13.5. The molecule has 3 heteroatoms. The lowest BCUT2D eigenvalue weighted by molar-refractivity contribution is 0.520. The van der Waals surface area contributed by atoms with Crippen molar-refractivity contribution in [2.45, 2.75) is 26.3 Å². The lowest BCUT2D eigenvalue weighted by Gasteiger charge is -2.14. The third kappa shape index (κ3) is 3.05. The third-order valence-corrected chi connectivity index (χ3v) is 2.21. The first-order chi connectivity index (χ1) is 7.19. The van der Waals surface area contributed by atoms with E-state index < -0.39 is 0 Å². The van der Waals surface area contributed by atoms with E-state index >= 15 is 0 Å². The molecule has 15 heavy (non-hydrogen) atoms. The Morgan fingerprint density at radius 1 is 1.53 bits per heavy atom. The molecular weight excluding hydrogens is 191 g/mol. The van der Waals surface area contributed by atoms with Gasteiger partial charge in [-0.2, -0.15) is 0 Å². The van der Waals surface area contributed by atoms with Crippen molar-refractivity contribution in [3.8, 4) is 11.8 Å². The highest BCUT2D eigenvalue weighted by molar-refractivity contribution is 5.27. The van der Waals surface area contributed by atoms with Gasteiger partial charge in [0.05, 0.1) is 6.04 Å². The first kappa shape index (κ1) is 11.7. The zero-order valence-electron chi connectivity index (χ0n) is 8.97. The molecule has 0 heterocycles. The highest BCUT2D eigenvalue weighted by Gasteiger charge is 2.12. The van der Waals surface area contributed by atoms with E-state index in [0.717, 1.165) is 5.56 Å². The average molecular weight is 206 g/mol. The Labute approximate surface area is 89.6 Å². The second-order valence-corrected chi connectivity index (χ2v) is 3.38. The fourth-order valence-corrected chi connectivity index (χ4v) is 1.39. The minimum Gasteiger partial charge on any atom is -0.271 e. The number of hydrogen-bond acceptors (Lipinski definition) is 2. The van der Waals surface area contributed by atoms with E-state index in [1.807, 2.05) is 6.92 Å². The van der Waals surface area contributed by atoms with Crippen molar-refractivity contribution in [2.24, 2.45) is 5.84 Å². The van der Waals surface area contributed by atoms with Gasteiger partial charge in [-0.25, -0.2) is 4.39 Å². The van der Waals surface area contributed by atoms with Crippen LogP contribution in [0.25, 0.3) is 0 Å². The number of halogens is 1. The molecule has 1 aromatic carbocycles. The molecule has 0 aliphatic heterocycles. The molecule has 0 bridgehead atoms. The van der Waals surface area contributed by atoms with Crippen LogP contribution in [0.5, 0.6) is 0 Å². The summed E-state index contributed by atoms with van der Waals surface area (Å²) >= 11 is 0. The quantitative estimate of drug-likeness (QED) is 0.451. The van der Waals surface area contributed by atoms with Gasteiger partial charge in [0.1, 0.15) is 5.82 Å². The number of nitrogens with two attached hydrogens (primary N) is 1. The molecule has 1 atom stereocenters. The minimum atomic E-state index is -0.252. The van der Waals surface area contributed by atoms with E-state index in [2.05, 4.69) is 17.3 Å². The van der Waals surface area contributed by atoms with Gasteiger partial charge in [-0.3, -0.25) is 11.3 Å². The smallest absolute Gasteiger partial charge is 0.128 e. The van der Waals surface area contributed by atoms with Crippen molar-refractivity contribution in [1.29, 1.82) is 0 Å². The van der Waals surface area contributed by atoms with Crippen LogP contribution in [-0.2, 0) is 0 Å². The molecular formula is C12H15FN2. The van der Waals surface area contributed by atoms with Crippen LogP contribution < -0.4 is 11.3 Å². The van der Waals surface area contributed by atoms with Crippen LogP contribution in [-0.4, -0.2) is 0 Å². The summed E-state index contributed by atoms with van der Waals surface area (Å²) in [6.07, 6.45) is 0.507. The third-order valence-electron chi connectivity index (χ3n) is 2.21. The molecule has 80 valence electrons. The molecule has 1 unspecified atom stereocenters. The molecule has 0 aliphatic rings. The summed E-state index contributed by atoms with van der Waals surface area (Å²) in [6.45, 7) is 3.67. The molecule has 0 aromatic heterocycles. The fourth-order valence-electron chi connectivity index (χ4n) is 1.39. The van der Waals surface area contributed by atoms with Crippen molar-refractivity contribution in [3.63, 3.8) is 0 Å². The largest absolute Gasteiger partial charge is 0.271 e. The Morgan fingerprint density at radius 3 is 2.87 bits per heavy atom. The van der Waals surface area contributed by atoms with Gasteiger partial charge in [-0.05, 0) is 19.9 Å². The normalized spacial score (nSPS) is 11.7. The average Bonchev–Trinajstić information content (AvgIpc) is 2.24. The van der Waals surface area contributed by atoms with E-state index in [4.69, 9.17) is 5.84 Å². The van der Waals surface area contributed by atoms with Crippen molar-refractivity contribution < 1.29 is 4.39 Å². The molecule has 2 nitrogen and oxygen atoms in total. The molecule has 0 fully saturated rings. The monoisotopic (exact) mass is 206 g/mol. The van der Waals surface area contributed by atoms with E-state index in [0.29, 0.717) is 12.0 Å². The van der Waals surface area contributed by atoms with Gasteiger partial charge in [-0.15, -0.1) is 11.8 Å². The second-order valence-electron chi connectivity index (χ2n) is 3.38. The Bertz CT molecular complexity index is 390. The summed E-state index contributed by atoms with van der Waals surface area (Å²) < 4.78 is 13.5. The van der Waals surface area contributed by atoms with Gasteiger partial charge in [0.25, 0.3) is 0 Å². The Hall–Kier alpha value is -1.37. The number of benzene rings is 1. The number of hydrazine groups is 1. The zero-order valence-corrected chi connectivity index (χ0v) is 8.97. The molecule has 0 amide bonds. The van der Waals surface area contributed by atoms with Crippen LogP contribution in [0, 0.1) is 24.6 Å². The standard InChI is InChI=1S/C12H15FN2/c1-3-4-5-12(15-14)10-8-9(2)6-7-11(10)13/h6-8,12,15H,5,14H2,1-2H3. The van der Waals surface area contributed by atoms with Crippen LogP contribution in [0.15, 0.2) is 18.2 Å². The van der Waals surface area contributed by atoms with Gasteiger partial charge in [0.2, 0.25) is 0 Å². The number of aryl methyl sites for hydroxylation is 1. The fraction of sp³-hybridized carbons (Fsp3) is 0.333. The van der Waals surface area contributed by atoms with Crippen LogP contribution >= 0.6 is 0 Å². The molecule has 0 aliphatic carbocycles. The second kappa shape index (κ2) is 5.50. The highest BCUT2D eigenvalue weighted by Crippen LogP contribution is 2.20. The van der Waals surface area contributed by atoms with Crippen LogP contribution in [0.4, 0.5) is 4.39 Å². The number of nitrogens with one attached hydrogen (secondary N) is 1. The van der Waals surface area contributed by atoms with Gasteiger partial charge >= 0.3 is 0 Å². The summed E-state index contributed by atoms with van der Waals surface area (Å²) in [6, 6.07) is 4.72. The first-order valence-corrected chi connectivity index (χ1v) is 4.80. The molecule has 0 radical (unpaired) electrons. The molecule has 1 rings (SSSR count). The number of rotatable bonds is 3. The van der Waals surface area contributed by atoms with Gasteiger partial charge < -0.3 is 0 Å². The SMILES string of the molecule is CC#CCC(NN)c1cc(C)ccc1F. The van der Waals surface area contributed by atoms with E-state index in [-0.39, 0.29) is 11.9 Å². The Kier molecular flexibility index (Phi) is 4.29. The number of hydrogen-bond donors (Lipinski definition) is 2. The van der Waals surface area contributed by atoms with E-state index in [1.54, 1.807) is 19.1 Å². The molecule has 3 N–H and O–H groups in total. The molecule has 0 spiro atoms. The lowest BCUT2D eigenvalue weighted by Crippen LogP contribution is -2.28. The Morgan fingerprint density at radius 2 is 2.27 bits per heavy atom. The summed E-state index contributed by atoms with van der Waals surface area (Å²) in [5.74, 6) is 10.8. The van der Waals surface area contributed by atoms with Crippen molar-refractivity contribution >= 4 is 0 Å². The van der Waals surface area contributed by atoms with Gasteiger partial charge in [0, 0.05) is 12.0 Å². The van der Waals surface area contributed by atoms with Crippen molar-refractivity contribution in [3.05, 3.63) is 35.1 Å². The predicted octanol–water partition coefficient (Wildman–Crippen LogP) is 2.05.